The molecular weight excluding hydrogens is 338 g/mol. The molecule has 140 valence electrons. The van der Waals surface area contributed by atoms with Crippen LogP contribution in [0.2, 0.25) is 0 Å². The molecule has 2 aromatic carbocycles. The highest BCUT2D eigenvalue weighted by Crippen LogP contribution is 2.58. The van der Waals surface area contributed by atoms with E-state index in [-0.39, 0.29) is 23.5 Å². The molecule has 0 radical (unpaired) electrons. The minimum atomic E-state index is -0.341. The molecule has 2 N–H and O–H groups in total. The van der Waals surface area contributed by atoms with Gasteiger partial charge in [-0.3, -0.25) is 0 Å². The number of nitrogens with one attached hydrogen (secondary N) is 1. The van der Waals surface area contributed by atoms with Crippen LogP contribution in [0.25, 0.3) is 11.1 Å². The van der Waals surface area contributed by atoms with Crippen molar-refractivity contribution in [1.82, 2.24) is 5.32 Å². The van der Waals surface area contributed by atoms with E-state index in [0.29, 0.717) is 19.1 Å². The lowest BCUT2D eigenvalue weighted by atomic mass is 9.50. The first-order valence-corrected chi connectivity index (χ1v) is 9.93. The van der Waals surface area contributed by atoms with Gasteiger partial charge in [-0.15, -0.1) is 0 Å². The van der Waals surface area contributed by atoms with Crippen molar-refractivity contribution in [3.8, 4) is 11.1 Å². The summed E-state index contributed by atoms with van der Waals surface area (Å²) in [5.74, 6) is 0.570. The minimum absolute atomic E-state index is 0.0974. The lowest BCUT2D eigenvalue weighted by Gasteiger charge is -2.57. The fourth-order valence-electron chi connectivity index (χ4n) is 5.27. The van der Waals surface area contributed by atoms with Gasteiger partial charge in [-0.2, -0.15) is 0 Å². The van der Waals surface area contributed by atoms with Gasteiger partial charge in [0, 0.05) is 12.5 Å². The molecule has 1 amide bonds. The van der Waals surface area contributed by atoms with Crippen molar-refractivity contribution in [2.75, 3.05) is 13.2 Å². The van der Waals surface area contributed by atoms with Crippen molar-refractivity contribution in [1.29, 1.82) is 0 Å². The summed E-state index contributed by atoms with van der Waals surface area (Å²) in [5, 5.41) is 12.8. The number of hydrogen-bond donors (Lipinski definition) is 2. The van der Waals surface area contributed by atoms with Crippen molar-refractivity contribution in [2.24, 2.45) is 11.3 Å². The Hall–Kier alpha value is -2.33. The van der Waals surface area contributed by atoms with E-state index < -0.39 is 0 Å². The minimum Gasteiger partial charge on any atom is -0.449 e. The lowest BCUT2D eigenvalue weighted by Crippen LogP contribution is -2.55. The van der Waals surface area contributed by atoms with Crippen molar-refractivity contribution in [3.05, 3.63) is 59.7 Å². The Morgan fingerprint density at radius 1 is 1.07 bits per heavy atom. The Morgan fingerprint density at radius 3 is 2.26 bits per heavy atom. The SMILES string of the molecule is O=C(NCC1CC2(CCC2O)C1)OCC1c2ccccc2-c2ccccc21. The quantitative estimate of drug-likeness (QED) is 0.861. The maximum Gasteiger partial charge on any atom is 0.407 e. The van der Waals surface area contributed by atoms with Crippen LogP contribution in [0.3, 0.4) is 0 Å². The van der Waals surface area contributed by atoms with Crippen LogP contribution in [-0.2, 0) is 4.74 Å². The topological polar surface area (TPSA) is 58.6 Å². The van der Waals surface area contributed by atoms with Crippen molar-refractivity contribution >= 4 is 6.09 Å². The predicted octanol–water partition coefficient (Wildman–Crippen LogP) is 4.08. The molecular formula is C23H25NO3. The smallest absolute Gasteiger partial charge is 0.407 e. The van der Waals surface area contributed by atoms with Crippen LogP contribution >= 0.6 is 0 Å². The molecule has 0 saturated heterocycles. The van der Waals surface area contributed by atoms with E-state index in [2.05, 4.69) is 41.7 Å². The van der Waals surface area contributed by atoms with Gasteiger partial charge in [0.05, 0.1) is 6.10 Å². The number of fused-ring (bicyclic) bond motifs is 3. The van der Waals surface area contributed by atoms with Gasteiger partial charge in [-0.25, -0.2) is 4.79 Å². The summed E-state index contributed by atoms with van der Waals surface area (Å²) >= 11 is 0. The van der Waals surface area contributed by atoms with Gasteiger partial charge in [-0.1, -0.05) is 48.5 Å². The van der Waals surface area contributed by atoms with Gasteiger partial charge in [0.1, 0.15) is 6.61 Å². The van der Waals surface area contributed by atoms with E-state index in [4.69, 9.17) is 4.74 Å². The average molecular weight is 363 g/mol. The van der Waals surface area contributed by atoms with E-state index >= 15 is 0 Å². The van der Waals surface area contributed by atoms with E-state index in [9.17, 15) is 9.90 Å². The molecule has 27 heavy (non-hydrogen) atoms. The molecule has 1 atom stereocenters. The molecule has 2 aromatic rings. The maximum absolute atomic E-state index is 12.2. The third-order valence-electron chi connectivity index (χ3n) is 6.89. The second-order valence-corrected chi connectivity index (χ2v) is 8.40. The summed E-state index contributed by atoms with van der Waals surface area (Å²) < 4.78 is 5.57. The number of rotatable bonds is 4. The molecule has 0 heterocycles. The predicted molar refractivity (Wildman–Crippen MR) is 103 cm³/mol. The molecule has 0 bridgehead atoms. The Balaban J connectivity index is 1.17. The van der Waals surface area contributed by atoms with E-state index in [1.165, 1.54) is 22.3 Å². The van der Waals surface area contributed by atoms with E-state index in [1.807, 2.05) is 12.1 Å². The van der Waals surface area contributed by atoms with Crippen LogP contribution < -0.4 is 5.32 Å². The van der Waals surface area contributed by atoms with Gasteiger partial charge in [-0.05, 0) is 59.3 Å². The summed E-state index contributed by atoms with van der Waals surface area (Å²) in [4.78, 5) is 12.2. The summed E-state index contributed by atoms with van der Waals surface area (Å²) in [6.45, 7) is 0.998. The average Bonchev–Trinajstić information content (AvgIpc) is 2.98. The Labute approximate surface area is 159 Å². The van der Waals surface area contributed by atoms with Crippen molar-refractivity contribution in [3.63, 3.8) is 0 Å². The highest BCUT2D eigenvalue weighted by molar-refractivity contribution is 5.79. The Kier molecular flexibility index (Phi) is 3.97. The van der Waals surface area contributed by atoms with Crippen LogP contribution in [0.4, 0.5) is 4.79 Å². The molecule has 1 unspecified atom stereocenters. The van der Waals surface area contributed by atoms with Gasteiger partial charge in [0.2, 0.25) is 0 Å². The number of carbonyl (C=O) groups is 1. The number of hydrogen-bond acceptors (Lipinski definition) is 3. The fraction of sp³-hybridized carbons (Fsp3) is 0.435. The summed E-state index contributed by atoms with van der Waals surface area (Å²) in [6, 6.07) is 16.7. The van der Waals surface area contributed by atoms with Crippen LogP contribution in [0, 0.1) is 11.3 Å². The number of aliphatic hydroxyl groups is 1. The molecule has 2 fully saturated rings. The summed E-state index contributed by atoms with van der Waals surface area (Å²) in [5.41, 5.74) is 5.10. The maximum atomic E-state index is 12.2. The fourth-order valence-corrected chi connectivity index (χ4v) is 5.27. The molecule has 5 rings (SSSR count). The first-order chi connectivity index (χ1) is 13.2. The first kappa shape index (κ1) is 16.8. The second-order valence-electron chi connectivity index (χ2n) is 8.40. The zero-order valence-electron chi connectivity index (χ0n) is 15.4. The molecule has 4 nitrogen and oxygen atoms in total. The van der Waals surface area contributed by atoms with Crippen molar-refractivity contribution in [2.45, 2.75) is 37.7 Å². The third-order valence-corrected chi connectivity index (χ3v) is 6.89. The van der Waals surface area contributed by atoms with Crippen molar-refractivity contribution < 1.29 is 14.6 Å². The second kappa shape index (κ2) is 6.38. The zero-order valence-corrected chi connectivity index (χ0v) is 15.4. The number of alkyl carbamates (subject to hydrolysis) is 1. The monoisotopic (exact) mass is 363 g/mol. The molecule has 1 spiro atoms. The van der Waals surface area contributed by atoms with Crippen LogP contribution in [0.5, 0.6) is 0 Å². The van der Waals surface area contributed by atoms with Gasteiger partial charge < -0.3 is 15.2 Å². The highest BCUT2D eigenvalue weighted by atomic mass is 16.5. The van der Waals surface area contributed by atoms with Crippen LogP contribution in [0.1, 0.15) is 42.7 Å². The number of ether oxygens (including phenoxy) is 1. The third kappa shape index (κ3) is 2.74. The number of carbonyl (C=O) groups excluding carboxylic acids is 1. The largest absolute Gasteiger partial charge is 0.449 e. The molecule has 0 aromatic heterocycles. The number of amides is 1. The Bertz CT molecular complexity index is 826. The summed E-state index contributed by atoms with van der Waals surface area (Å²) in [7, 11) is 0. The molecule has 2 saturated carbocycles. The van der Waals surface area contributed by atoms with E-state index in [0.717, 1.165) is 25.7 Å². The first-order valence-electron chi connectivity index (χ1n) is 9.93. The molecule has 3 aliphatic rings. The van der Waals surface area contributed by atoms with E-state index in [1.54, 1.807) is 0 Å². The normalized spacial score (nSPS) is 28.0. The van der Waals surface area contributed by atoms with Gasteiger partial charge >= 0.3 is 6.09 Å². The van der Waals surface area contributed by atoms with Crippen LogP contribution in [0.15, 0.2) is 48.5 Å². The standard InChI is InChI=1S/C23H25NO3/c25-21-9-10-23(21)11-15(12-23)13-24-22(26)27-14-20-18-7-3-1-5-16(18)17-6-2-4-8-19(17)20/h1-8,15,20-21,25H,9-14H2,(H,24,26). The zero-order chi connectivity index (χ0) is 18.4. The highest BCUT2D eigenvalue weighted by Gasteiger charge is 2.54. The number of benzene rings is 2. The molecule has 4 heteroatoms. The lowest BCUT2D eigenvalue weighted by molar-refractivity contribution is -0.142. The Morgan fingerprint density at radius 2 is 1.70 bits per heavy atom. The van der Waals surface area contributed by atoms with Gasteiger partial charge in [0.15, 0.2) is 0 Å². The molecule has 3 aliphatic carbocycles. The van der Waals surface area contributed by atoms with Gasteiger partial charge in [0.25, 0.3) is 0 Å². The summed E-state index contributed by atoms with van der Waals surface area (Å²) in [6.07, 6.45) is 3.66. The van der Waals surface area contributed by atoms with Crippen LogP contribution in [-0.4, -0.2) is 30.5 Å². The molecule has 0 aliphatic heterocycles. The number of aliphatic hydroxyl groups excluding tert-OH is 1.